The summed E-state index contributed by atoms with van der Waals surface area (Å²) in [5, 5.41) is 11.3. The highest BCUT2D eigenvalue weighted by atomic mass is 32.1. The molecule has 3 rings (SSSR count). The molecule has 0 bridgehead atoms. The number of anilines is 1. The summed E-state index contributed by atoms with van der Waals surface area (Å²) in [4.78, 5) is 28.1. The van der Waals surface area contributed by atoms with Crippen molar-refractivity contribution in [2.75, 3.05) is 11.9 Å². The van der Waals surface area contributed by atoms with Crippen molar-refractivity contribution in [1.82, 2.24) is 15.5 Å². The fraction of sp³-hybridized carbons (Fsp3) is 0.222. The van der Waals surface area contributed by atoms with Gasteiger partial charge in [0.15, 0.2) is 5.82 Å². The number of aryl methyl sites for hydroxylation is 1. The fourth-order valence-electron chi connectivity index (χ4n) is 2.18. The first kappa shape index (κ1) is 18.6. The monoisotopic (exact) mass is 386 g/mol. The van der Waals surface area contributed by atoms with Gasteiger partial charge in [0.1, 0.15) is 23.1 Å². The molecule has 0 aliphatic heterocycles. The summed E-state index contributed by atoms with van der Waals surface area (Å²) in [5.41, 5.74) is 0.636. The molecule has 8 nitrogen and oxygen atoms in total. The van der Waals surface area contributed by atoms with Gasteiger partial charge in [-0.3, -0.25) is 9.59 Å². The summed E-state index contributed by atoms with van der Waals surface area (Å²) >= 11 is 1.43. The predicted octanol–water partition coefficient (Wildman–Crippen LogP) is 2.32. The Labute approximate surface area is 159 Å². The molecule has 0 aliphatic carbocycles. The zero-order valence-corrected chi connectivity index (χ0v) is 15.4. The van der Waals surface area contributed by atoms with E-state index in [1.54, 1.807) is 13.0 Å². The van der Waals surface area contributed by atoms with E-state index in [1.165, 1.54) is 11.3 Å². The number of amides is 2. The number of rotatable bonds is 8. The number of thiazole rings is 1. The van der Waals surface area contributed by atoms with Crippen LogP contribution in [0, 0.1) is 6.92 Å². The van der Waals surface area contributed by atoms with Crippen molar-refractivity contribution < 1.29 is 18.8 Å². The molecule has 140 valence electrons. The van der Waals surface area contributed by atoms with Crippen molar-refractivity contribution in [2.24, 2.45) is 0 Å². The van der Waals surface area contributed by atoms with E-state index in [2.05, 4.69) is 20.8 Å². The Bertz CT molecular complexity index is 907. The quantitative estimate of drug-likeness (QED) is 0.615. The first-order valence-corrected chi connectivity index (χ1v) is 9.07. The highest BCUT2D eigenvalue weighted by Crippen LogP contribution is 2.15. The summed E-state index contributed by atoms with van der Waals surface area (Å²) < 4.78 is 10.5. The summed E-state index contributed by atoms with van der Waals surface area (Å²) in [5.74, 6) is 0.994. The summed E-state index contributed by atoms with van der Waals surface area (Å²) in [6.45, 7) is 1.91. The molecule has 2 heterocycles. The van der Waals surface area contributed by atoms with Crippen molar-refractivity contribution in [3.63, 3.8) is 0 Å². The van der Waals surface area contributed by atoms with E-state index >= 15 is 0 Å². The second kappa shape index (κ2) is 8.95. The highest BCUT2D eigenvalue weighted by Gasteiger charge is 2.11. The molecule has 9 heteroatoms. The first-order chi connectivity index (χ1) is 13.1. The van der Waals surface area contributed by atoms with E-state index in [0.29, 0.717) is 23.9 Å². The van der Waals surface area contributed by atoms with Gasteiger partial charge in [-0.1, -0.05) is 23.4 Å². The lowest BCUT2D eigenvalue weighted by atomic mass is 10.3. The zero-order valence-electron chi connectivity index (χ0n) is 14.6. The molecule has 2 aromatic heterocycles. The van der Waals surface area contributed by atoms with Crippen molar-refractivity contribution in [1.29, 1.82) is 0 Å². The van der Waals surface area contributed by atoms with Crippen LogP contribution in [0.2, 0.25) is 0 Å². The Hall–Kier alpha value is -3.20. The molecule has 0 atom stereocenters. The van der Waals surface area contributed by atoms with Crippen LogP contribution in [0.1, 0.15) is 16.5 Å². The van der Waals surface area contributed by atoms with Crippen LogP contribution in [0.4, 0.5) is 5.82 Å². The number of nitrogens with one attached hydrogen (secondary N) is 2. The van der Waals surface area contributed by atoms with Crippen LogP contribution in [-0.4, -0.2) is 28.5 Å². The predicted molar refractivity (Wildman–Crippen MR) is 99.5 cm³/mol. The molecule has 0 radical (unpaired) electrons. The van der Waals surface area contributed by atoms with Gasteiger partial charge in [0, 0.05) is 11.4 Å². The lowest BCUT2D eigenvalue weighted by Gasteiger charge is -2.04. The molecule has 0 saturated heterocycles. The summed E-state index contributed by atoms with van der Waals surface area (Å²) in [6.07, 6.45) is 0.0954. The number of ether oxygens (including phenoxy) is 1. The number of para-hydroxylation sites is 1. The molecule has 27 heavy (non-hydrogen) atoms. The van der Waals surface area contributed by atoms with Crippen molar-refractivity contribution >= 4 is 29.0 Å². The normalized spacial score (nSPS) is 10.4. The number of aromatic nitrogens is 2. The zero-order chi connectivity index (χ0) is 19.1. The number of carbonyl (C=O) groups excluding carboxylic acids is 2. The Morgan fingerprint density at radius 2 is 2.04 bits per heavy atom. The minimum absolute atomic E-state index is 0.0954. The maximum absolute atomic E-state index is 12.0. The third-order valence-corrected chi connectivity index (χ3v) is 4.26. The molecular formula is C18H18N4O4S. The van der Waals surface area contributed by atoms with Crippen LogP contribution >= 0.6 is 11.3 Å². The molecule has 0 saturated carbocycles. The number of carbonyl (C=O) groups is 2. The minimum atomic E-state index is -0.383. The van der Waals surface area contributed by atoms with Crippen LogP contribution in [-0.2, 0) is 22.6 Å². The van der Waals surface area contributed by atoms with E-state index in [9.17, 15) is 9.59 Å². The molecule has 0 aliphatic rings. The molecular weight excluding hydrogens is 368 g/mol. The average molecular weight is 386 g/mol. The lowest BCUT2D eigenvalue weighted by molar-refractivity contribution is -0.123. The second-order valence-electron chi connectivity index (χ2n) is 5.66. The Kier molecular flexibility index (Phi) is 6.16. The fourth-order valence-corrected chi connectivity index (χ4v) is 2.88. The molecule has 3 aromatic rings. The van der Waals surface area contributed by atoms with Gasteiger partial charge in [0.25, 0.3) is 0 Å². The minimum Gasteiger partial charge on any atom is -0.486 e. The van der Waals surface area contributed by atoms with E-state index in [1.807, 2.05) is 35.7 Å². The standard InChI is InChI=1S/C18H18N4O4S/c1-12-7-15(22-26-12)21-17(24)9-19-16(23)8-13-11-27-18(20-13)10-25-14-5-3-2-4-6-14/h2-7,11H,8-10H2,1H3,(H,19,23)(H,21,22,24). The SMILES string of the molecule is Cc1cc(NC(=O)CNC(=O)Cc2csc(COc3ccccc3)n2)no1. The number of nitrogens with zero attached hydrogens (tertiary/aromatic N) is 2. The van der Waals surface area contributed by atoms with Gasteiger partial charge in [-0.25, -0.2) is 4.98 Å². The van der Waals surface area contributed by atoms with Gasteiger partial charge in [-0.2, -0.15) is 0 Å². The Morgan fingerprint density at radius 3 is 2.78 bits per heavy atom. The number of hydrogen-bond donors (Lipinski definition) is 2. The summed E-state index contributed by atoms with van der Waals surface area (Å²) in [7, 11) is 0. The van der Waals surface area contributed by atoms with E-state index in [0.717, 1.165) is 10.8 Å². The van der Waals surface area contributed by atoms with Gasteiger partial charge >= 0.3 is 0 Å². The molecule has 2 amide bonds. The van der Waals surface area contributed by atoms with Crippen LogP contribution in [0.5, 0.6) is 5.75 Å². The van der Waals surface area contributed by atoms with Gasteiger partial charge in [0.2, 0.25) is 11.8 Å². The van der Waals surface area contributed by atoms with Crippen LogP contribution in [0.25, 0.3) is 0 Å². The van der Waals surface area contributed by atoms with Crippen molar-refractivity contribution in [2.45, 2.75) is 20.0 Å². The number of benzene rings is 1. The molecule has 1 aromatic carbocycles. The van der Waals surface area contributed by atoms with Gasteiger partial charge in [0.05, 0.1) is 18.7 Å². The van der Waals surface area contributed by atoms with Crippen molar-refractivity contribution in [3.8, 4) is 5.75 Å². The topological polar surface area (TPSA) is 106 Å². The van der Waals surface area contributed by atoms with Gasteiger partial charge < -0.3 is 19.9 Å². The highest BCUT2D eigenvalue weighted by molar-refractivity contribution is 7.09. The molecule has 0 spiro atoms. The smallest absolute Gasteiger partial charge is 0.245 e. The molecule has 0 fully saturated rings. The van der Waals surface area contributed by atoms with E-state index < -0.39 is 0 Å². The van der Waals surface area contributed by atoms with Crippen LogP contribution < -0.4 is 15.4 Å². The van der Waals surface area contributed by atoms with Gasteiger partial charge in [-0.05, 0) is 19.1 Å². The largest absolute Gasteiger partial charge is 0.486 e. The van der Waals surface area contributed by atoms with E-state index in [-0.39, 0.29) is 24.8 Å². The molecule has 2 N–H and O–H groups in total. The lowest BCUT2D eigenvalue weighted by Crippen LogP contribution is -2.33. The summed E-state index contributed by atoms with van der Waals surface area (Å²) in [6, 6.07) is 11.0. The molecule has 0 unspecified atom stereocenters. The van der Waals surface area contributed by atoms with Gasteiger partial charge in [-0.15, -0.1) is 11.3 Å². The van der Waals surface area contributed by atoms with Crippen molar-refractivity contribution in [3.05, 3.63) is 58.2 Å². The van der Waals surface area contributed by atoms with E-state index in [4.69, 9.17) is 9.26 Å². The number of hydrogen-bond acceptors (Lipinski definition) is 7. The van der Waals surface area contributed by atoms with Crippen LogP contribution in [0.3, 0.4) is 0 Å². The average Bonchev–Trinajstić information content (AvgIpc) is 3.28. The Balaban J connectivity index is 1.40. The first-order valence-electron chi connectivity index (χ1n) is 8.19. The third kappa shape index (κ3) is 5.93. The Morgan fingerprint density at radius 1 is 1.22 bits per heavy atom. The maximum atomic E-state index is 12.0. The second-order valence-corrected chi connectivity index (χ2v) is 6.60. The van der Waals surface area contributed by atoms with Crippen LogP contribution in [0.15, 0.2) is 46.3 Å². The maximum Gasteiger partial charge on any atom is 0.245 e. The third-order valence-electron chi connectivity index (χ3n) is 3.39.